The molecule has 0 bridgehead atoms. The molecule has 48 valence electrons. The molecule has 1 atom stereocenters. The first kappa shape index (κ1) is 6.08. The van der Waals surface area contributed by atoms with E-state index in [-0.39, 0.29) is 6.04 Å². The summed E-state index contributed by atoms with van der Waals surface area (Å²) < 4.78 is 0. The molecule has 0 aromatic rings. The molecule has 1 aliphatic rings. The minimum absolute atomic E-state index is 0.215. The van der Waals surface area contributed by atoms with E-state index in [1.54, 1.807) is 0 Å². The van der Waals surface area contributed by atoms with Crippen molar-refractivity contribution >= 4 is 6.29 Å². The fraction of sp³-hybridized carbons (Fsp3) is 0.286. The van der Waals surface area contributed by atoms with E-state index in [2.05, 4.69) is 5.32 Å². The van der Waals surface area contributed by atoms with E-state index in [1.165, 1.54) is 0 Å². The second kappa shape index (κ2) is 3.07. The third-order valence-corrected chi connectivity index (χ3v) is 1.21. The molecule has 2 nitrogen and oxygen atoms in total. The van der Waals surface area contributed by atoms with E-state index in [1.807, 2.05) is 24.4 Å². The molecule has 0 spiro atoms. The standard InChI is InChI=1S/C7H9NO/c9-6-4-7-3-1-2-5-8-7/h1-3,5-8H,4H2. The van der Waals surface area contributed by atoms with E-state index in [0.717, 1.165) is 6.29 Å². The van der Waals surface area contributed by atoms with Crippen molar-refractivity contribution in [3.63, 3.8) is 0 Å². The summed E-state index contributed by atoms with van der Waals surface area (Å²) in [5, 5.41) is 3.02. The Morgan fingerprint density at radius 1 is 1.56 bits per heavy atom. The molecule has 0 fully saturated rings. The Labute approximate surface area is 54.3 Å². The first-order valence-electron chi connectivity index (χ1n) is 2.96. The summed E-state index contributed by atoms with van der Waals surface area (Å²) in [4.78, 5) is 9.98. The maximum absolute atomic E-state index is 9.98. The van der Waals surface area contributed by atoms with Crippen LogP contribution in [0.15, 0.2) is 24.4 Å². The molecular formula is C7H9NO. The normalized spacial score (nSPS) is 23.3. The number of hydrogen-bond donors (Lipinski definition) is 1. The molecule has 0 radical (unpaired) electrons. The second-order valence-electron chi connectivity index (χ2n) is 1.92. The zero-order valence-electron chi connectivity index (χ0n) is 5.08. The minimum Gasteiger partial charge on any atom is -0.384 e. The van der Waals surface area contributed by atoms with Gasteiger partial charge in [-0.2, -0.15) is 0 Å². The molecule has 0 aromatic carbocycles. The molecule has 2 heteroatoms. The van der Waals surface area contributed by atoms with Gasteiger partial charge in [-0.15, -0.1) is 0 Å². The van der Waals surface area contributed by atoms with E-state index < -0.39 is 0 Å². The molecule has 0 aliphatic carbocycles. The van der Waals surface area contributed by atoms with Crippen LogP contribution in [0.4, 0.5) is 0 Å². The van der Waals surface area contributed by atoms with Crippen LogP contribution in [-0.4, -0.2) is 12.3 Å². The lowest BCUT2D eigenvalue weighted by atomic mass is 10.2. The highest BCUT2D eigenvalue weighted by atomic mass is 16.1. The van der Waals surface area contributed by atoms with E-state index in [9.17, 15) is 4.79 Å². The van der Waals surface area contributed by atoms with Crippen LogP contribution in [0.3, 0.4) is 0 Å². The van der Waals surface area contributed by atoms with Crippen molar-refractivity contribution in [2.75, 3.05) is 0 Å². The molecular weight excluding hydrogens is 114 g/mol. The van der Waals surface area contributed by atoms with Crippen LogP contribution in [0.25, 0.3) is 0 Å². The second-order valence-corrected chi connectivity index (χ2v) is 1.92. The number of nitrogens with one attached hydrogen (secondary N) is 1. The average molecular weight is 123 g/mol. The zero-order valence-corrected chi connectivity index (χ0v) is 5.08. The summed E-state index contributed by atoms with van der Waals surface area (Å²) in [5.41, 5.74) is 0. The summed E-state index contributed by atoms with van der Waals surface area (Å²) in [7, 11) is 0. The lowest BCUT2D eigenvalue weighted by Gasteiger charge is -2.10. The van der Waals surface area contributed by atoms with Crippen LogP contribution in [-0.2, 0) is 4.79 Å². The van der Waals surface area contributed by atoms with Gasteiger partial charge < -0.3 is 10.1 Å². The molecule has 1 unspecified atom stereocenters. The number of carbonyl (C=O) groups excluding carboxylic acids is 1. The van der Waals surface area contributed by atoms with Crippen LogP contribution in [0.5, 0.6) is 0 Å². The van der Waals surface area contributed by atoms with Gasteiger partial charge in [-0.25, -0.2) is 0 Å². The fourth-order valence-electron chi connectivity index (χ4n) is 0.739. The van der Waals surface area contributed by atoms with Crippen molar-refractivity contribution < 1.29 is 4.79 Å². The number of dihydropyridines is 1. The Bertz CT molecular complexity index is 147. The van der Waals surface area contributed by atoms with E-state index >= 15 is 0 Å². The first-order valence-corrected chi connectivity index (χ1v) is 2.96. The lowest BCUT2D eigenvalue weighted by Crippen LogP contribution is -2.23. The highest BCUT2D eigenvalue weighted by molar-refractivity contribution is 5.51. The monoisotopic (exact) mass is 123 g/mol. The van der Waals surface area contributed by atoms with Gasteiger partial charge in [-0.05, 0) is 12.3 Å². The van der Waals surface area contributed by atoms with Gasteiger partial charge in [-0.1, -0.05) is 12.2 Å². The molecule has 0 saturated heterocycles. The number of aldehydes is 1. The summed E-state index contributed by atoms with van der Waals surface area (Å²) in [6.45, 7) is 0. The highest BCUT2D eigenvalue weighted by Gasteiger charge is 2.00. The molecule has 0 saturated carbocycles. The molecule has 1 N–H and O–H groups in total. The summed E-state index contributed by atoms with van der Waals surface area (Å²) >= 11 is 0. The first-order chi connectivity index (χ1) is 4.43. The van der Waals surface area contributed by atoms with Gasteiger partial charge >= 0.3 is 0 Å². The molecule has 1 aliphatic heterocycles. The SMILES string of the molecule is O=CCC1C=CC=CN1. The zero-order chi connectivity index (χ0) is 6.53. The quantitative estimate of drug-likeness (QED) is 0.545. The van der Waals surface area contributed by atoms with Gasteiger partial charge in [0, 0.05) is 6.42 Å². The van der Waals surface area contributed by atoms with Crippen molar-refractivity contribution in [3.8, 4) is 0 Å². The van der Waals surface area contributed by atoms with Crippen LogP contribution < -0.4 is 5.32 Å². The Morgan fingerprint density at radius 2 is 2.44 bits per heavy atom. The lowest BCUT2D eigenvalue weighted by molar-refractivity contribution is -0.108. The Kier molecular flexibility index (Phi) is 2.07. The summed E-state index contributed by atoms with van der Waals surface area (Å²) in [6, 6.07) is 0.215. The van der Waals surface area contributed by atoms with Gasteiger partial charge in [0.2, 0.25) is 0 Å². The maximum Gasteiger partial charge on any atom is 0.122 e. The minimum atomic E-state index is 0.215. The maximum atomic E-state index is 9.98. The average Bonchev–Trinajstić information content (AvgIpc) is 1.91. The van der Waals surface area contributed by atoms with Crippen molar-refractivity contribution in [3.05, 3.63) is 24.4 Å². The summed E-state index contributed by atoms with van der Waals surface area (Å²) in [6.07, 6.45) is 9.12. The number of carbonyl (C=O) groups is 1. The van der Waals surface area contributed by atoms with Crippen LogP contribution in [0, 0.1) is 0 Å². The molecule has 1 heterocycles. The Hall–Kier alpha value is -1.05. The molecule has 0 amide bonds. The summed E-state index contributed by atoms with van der Waals surface area (Å²) in [5.74, 6) is 0. The van der Waals surface area contributed by atoms with Crippen molar-refractivity contribution in [1.29, 1.82) is 0 Å². The third-order valence-electron chi connectivity index (χ3n) is 1.21. The number of hydrogen-bond acceptors (Lipinski definition) is 2. The number of allylic oxidation sites excluding steroid dienone is 2. The highest BCUT2D eigenvalue weighted by Crippen LogP contribution is 1.96. The van der Waals surface area contributed by atoms with Crippen molar-refractivity contribution in [2.45, 2.75) is 12.5 Å². The van der Waals surface area contributed by atoms with Crippen LogP contribution in [0.2, 0.25) is 0 Å². The van der Waals surface area contributed by atoms with Gasteiger partial charge in [0.1, 0.15) is 6.29 Å². The Balaban J connectivity index is 2.36. The molecule has 1 rings (SSSR count). The smallest absolute Gasteiger partial charge is 0.122 e. The third kappa shape index (κ3) is 1.72. The van der Waals surface area contributed by atoms with Crippen LogP contribution in [0.1, 0.15) is 6.42 Å². The number of rotatable bonds is 2. The molecule has 9 heavy (non-hydrogen) atoms. The van der Waals surface area contributed by atoms with Gasteiger partial charge in [0.25, 0.3) is 0 Å². The van der Waals surface area contributed by atoms with Crippen molar-refractivity contribution in [1.82, 2.24) is 5.32 Å². The van der Waals surface area contributed by atoms with Crippen molar-refractivity contribution in [2.24, 2.45) is 0 Å². The predicted octanol–water partition coefficient (Wildman–Crippen LogP) is 0.617. The van der Waals surface area contributed by atoms with Gasteiger partial charge in [0.05, 0.1) is 6.04 Å². The Morgan fingerprint density at radius 3 is 3.00 bits per heavy atom. The van der Waals surface area contributed by atoms with E-state index in [4.69, 9.17) is 0 Å². The van der Waals surface area contributed by atoms with Crippen LogP contribution >= 0.6 is 0 Å². The largest absolute Gasteiger partial charge is 0.384 e. The fourth-order valence-corrected chi connectivity index (χ4v) is 0.739. The topological polar surface area (TPSA) is 29.1 Å². The van der Waals surface area contributed by atoms with Gasteiger partial charge in [-0.3, -0.25) is 0 Å². The molecule has 0 aromatic heterocycles. The van der Waals surface area contributed by atoms with E-state index in [0.29, 0.717) is 6.42 Å². The van der Waals surface area contributed by atoms with Gasteiger partial charge in [0.15, 0.2) is 0 Å². The predicted molar refractivity (Wildman–Crippen MR) is 35.9 cm³/mol.